The summed E-state index contributed by atoms with van der Waals surface area (Å²) in [6, 6.07) is 23.3. The Balaban J connectivity index is 1.65. The van der Waals surface area contributed by atoms with Crippen molar-refractivity contribution >= 4 is 0 Å². The molecule has 2 aromatic heterocycles. The Morgan fingerprint density at radius 2 is 1.36 bits per heavy atom. The Hall–Kier alpha value is -3.40. The van der Waals surface area contributed by atoms with Crippen LogP contribution in [0.3, 0.4) is 0 Å². The molecule has 2 nitrogen and oxygen atoms in total. The molecule has 0 atom stereocenters. The molecule has 0 saturated heterocycles. The van der Waals surface area contributed by atoms with Gasteiger partial charge in [0.2, 0.25) is 0 Å². The summed E-state index contributed by atoms with van der Waals surface area (Å²) in [5.41, 5.74) is 3.56. The molecule has 138 valence electrons. The summed E-state index contributed by atoms with van der Waals surface area (Å²) in [6.45, 7) is 0. The van der Waals surface area contributed by atoms with Crippen LogP contribution in [0, 0.1) is 11.6 Å². The molecule has 0 amide bonds. The number of aromatic nitrogens is 2. The van der Waals surface area contributed by atoms with E-state index in [2.05, 4.69) is 22.1 Å². The van der Waals surface area contributed by atoms with Crippen LogP contribution in [0.1, 0.15) is 11.3 Å². The molecule has 0 bridgehead atoms. The summed E-state index contributed by atoms with van der Waals surface area (Å²) in [4.78, 5) is 8.77. The summed E-state index contributed by atoms with van der Waals surface area (Å²) in [6.07, 6.45) is 3.18. The van der Waals surface area contributed by atoms with E-state index in [0.29, 0.717) is 11.4 Å². The molecule has 0 fully saturated rings. The SMILES string of the molecule is Fc1cc(F)c(-c2cccc(CCc3ccccc3)n2)cc1-c1ccccn1. The first-order valence-electron chi connectivity index (χ1n) is 9.11. The van der Waals surface area contributed by atoms with Gasteiger partial charge >= 0.3 is 0 Å². The van der Waals surface area contributed by atoms with E-state index >= 15 is 0 Å². The van der Waals surface area contributed by atoms with E-state index in [9.17, 15) is 8.78 Å². The summed E-state index contributed by atoms with van der Waals surface area (Å²) in [5.74, 6) is -1.27. The van der Waals surface area contributed by atoms with Gasteiger partial charge in [0.05, 0.1) is 11.4 Å². The van der Waals surface area contributed by atoms with Crippen molar-refractivity contribution in [2.24, 2.45) is 0 Å². The molecule has 0 radical (unpaired) electrons. The average molecular weight is 372 g/mol. The smallest absolute Gasteiger partial charge is 0.135 e. The standard InChI is InChI=1S/C24H18F2N2/c25-21-16-22(26)20(15-19(21)23-10-4-5-14-27-23)24-11-6-9-18(28-24)13-12-17-7-2-1-3-8-17/h1-11,14-16H,12-13H2. The van der Waals surface area contributed by atoms with E-state index in [4.69, 9.17) is 0 Å². The second-order valence-corrected chi connectivity index (χ2v) is 6.53. The van der Waals surface area contributed by atoms with Crippen LogP contribution in [-0.4, -0.2) is 9.97 Å². The third-order valence-corrected chi connectivity index (χ3v) is 4.59. The molecular formula is C24H18F2N2. The van der Waals surface area contributed by atoms with Gasteiger partial charge in [0.25, 0.3) is 0 Å². The van der Waals surface area contributed by atoms with Gasteiger partial charge in [-0.1, -0.05) is 42.5 Å². The minimum absolute atomic E-state index is 0.258. The minimum Gasteiger partial charge on any atom is -0.256 e. The van der Waals surface area contributed by atoms with Gasteiger partial charge in [-0.3, -0.25) is 9.97 Å². The molecule has 0 aliphatic heterocycles. The summed E-state index contributed by atoms with van der Waals surface area (Å²) in [7, 11) is 0. The van der Waals surface area contributed by atoms with Crippen molar-refractivity contribution in [1.29, 1.82) is 0 Å². The van der Waals surface area contributed by atoms with Crippen molar-refractivity contribution in [3.05, 3.63) is 108 Å². The van der Waals surface area contributed by atoms with Crippen LogP contribution >= 0.6 is 0 Å². The Morgan fingerprint density at radius 3 is 2.11 bits per heavy atom. The number of pyridine rings is 2. The third-order valence-electron chi connectivity index (χ3n) is 4.59. The van der Waals surface area contributed by atoms with Crippen molar-refractivity contribution < 1.29 is 8.78 Å². The van der Waals surface area contributed by atoms with Gasteiger partial charge in [-0.2, -0.15) is 0 Å². The number of nitrogens with zero attached hydrogens (tertiary/aromatic N) is 2. The molecule has 4 heteroatoms. The molecule has 2 aromatic carbocycles. The van der Waals surface area contributed by atoms with E-state index in [0.717, 1.165) is 24.6 Å². The maximum Gasteiger partial charge on any atom is 0.135 e. The maximum atomic E-state index is 14.5. The second kappa shape index (κ2) is 8.09. The van der Waals surface area contributed by atoms with Crippen molar-refractivity contribution in [3.63, 3.8) is 0 Å². The van der Waals surface area contributed by atoms with E-state index < -0.39 is 11.6 Å². The quantitative estimate of drug-likeness (QED) is 0.438. The Labute approximate surface area is 162 Å². The lowest BCUT2D eigenvalue weighted by molar-refractivity contribution is 0.587. The molecule has 0 N–H and O–H groups in total. The molecule has 0 spiro atoms. The predicted molar refractivity (Wildman–Crippen MR) is 107 cm³/mol. The third kappa shape index (κ3) is 3.96. The van der Waals surface area contributed by atoms with Crippen LogP contribution in [0.25, 0.3) is 22.5 Å². The highest BCUT2D eigenvalue weighted by molar-refractivity contribution is 5.70. The van der Waals surface area contributed by atoms with Crippen molar-refractivity contribution in [2.75, 3.05) is 0 Å². The summed E-state index contributed by atoms with van der Waals surface area (Å²) >= 11 is 0. The number of halogens is 2. The normalized spacial score (nSPS) is 10.8. The predicted octanol–water partition coefficient (Wildman–Crippen LogP) is 5.87. The maximum absolute atomic E-state index is 14.5. The zero-order valence-corrected chi connectivity index (χ0v) is 15.1. The van der Waals surface area contributed by atoms with Crippen molar-refractivity contribution in [2.45, 2.75) is 12.8 Å². The Bertz CT molecular complexity index is 1080. The van der Waals surface area contributed by atoms with Crippen LogP contribution in [-0.2, 0) is 12.8 Å². The van der Waals surface area contributed by atoms with E-state index in [-0.39, 0.29) is 11.1 Å². The van der Waals surface area contributed by atoms with E-state index in [1.807, 2.05) is 30.3 Å². The Morgan fingerprint density at radius 1 is 0.643 bits per heavy atom. The highest BCUT2D eigenvalue weighted by Gasteiger charge is 2.15. The number of aryl methyl sites for hydroxylation is 2. The lowest BCUT2D eigenvalue weighted by atomic mass is 10.0. The number of hydrogen-bond acceptors (Lipinski definition) is 2. The van der Waals surface area contributed by atoms with Gasteiger partial charge in [0.15, 0.2) is 0 Å². The van der Waals surface area contributed by atoms with Crippen LogP contribution in [0.2, 0.25) is 0 Å². The van der Waals surface area contributed by atoms with Gasteiger partial charge in [-0.15, -0.1) is 0 Å². The monoisotopic (exact) mass is 372 g/mol. The molecular weight excluding hydrogens is 354 g/mol. The van der Waals surface area contributed by atoms with Crippen LogP contribution in [0.15, 0.2) is 85.1 Å². The molecule has 0 aliphatic carbocycles. The largest absolute Gasteiger partial charge is 0.256 e. The second-order valence-electron chi connectivity index (χ2n) is 6.53. The number of benzene rings is 2. The average Bonchev–Trinajstić information content (AvgIpc) is 2.74. The van der Waals surface area contributed by atoms with E-state index in [1.54, 1.807) is 30.5 Å². The molecule has 28 heavy (non-hydrogen) atoms. The summed E-state index contributed by atoms with van der Waals surface area (Å²) in [5, 5.41) is 0. The van der Waals surface area contributed by atoms with Crippen molar-refractivity contribution in [3.8, 4) is 22.5 Å². The lowest BCUT2D eigenvalue weighted by Crippen LogP contribution is -1.98. The topological polar surface area (TPSA) is 25.8 Å². The van der Waals surface area contributed by atoms with Crippen molar-refractivity contribution in [1.82, 2.24) is 9.97 Å². The summed E-state index contributed by atoms with van der Waals surface area (Å²) < 4.78 is 28.8. The fraction of sp³-hybridized carbons (Fsp3) is 0.0833. The van der Waals surface area contributed by atoms with Crippen LogP contribution < -0.4 is 0 Å². The van der Waals surface area contributed by atoms with Crippen LogP contribution in [0.4, 0.5) is 8.78 Å². The van der Waals surface area contributed by atoms with Gasteiger partial charge in [0.1, 0.15) is 11.6 Å². The lowest BCUT2D eigenvalue weighted by Gasteiger charge is -2.09. The first-order valence-corrected chi connectivity index (χ1v) is 9.11. The number of hydrogen-bond donors (Lipinski definition) is 0. The molecule has 4 aromatic rings. The Kier molecular flexibility index (Phi) is 5.20. The highest BCUT2D eigenvalue weighted by atomic mass is 19.1. The van der Waals surface area contributed by atoms with E-state index in [1.165, 1.54) is 11.6 Å². The molecule has 0 aliphatic rings. The van der Waals surface area contributed by atoms with Gasteiger partial charge in [-0.25, -0.2) is 8.78 Å². The molecule has 4 rings (SSSR count). The zero-order valence-electron chi connectivity index (χ0n) is 15.1. The first kappa shape index (κ1) is 18.0. The molecule has 0 saturated carbocycles. The first-order chi connectivity index (χ1) is 13.7. The van der Waals surface area contributed by atoms with Gasteiger partial charge in [-0.05, 0) is 48.7 Å². The molecule has 2 heterocycles. The zero-order chi connectivity index (χ0) is 19.3. The van der Waals surface area contributed by atoms with Crippen LogP contribution in [0.5, 0.6) is 0 Å². The fourth-order valence-electron chi connectivity index (χ4n) is 3.15. The minimum atomic E-state index is -0.639. The number of rotatable bonds is 5. The highest BCUT2D eigenvalue weighted by Crippen LogP contribution is 2.29. The van der Waals surface area contributed by atoms with Gasteiger partial charge < -0.3 is 0 Å². The fourth-order valence-corrected chi connectivity index (χ4v) is 3.15. The van der Waals surface area contributed by atoms with Gasteiger partial charge in [0, 0.05) is 29.1 Å². The molecule has 0 unspecified atom stereocenters.